The predicted octanol–water partition coefficient (Wildman–Crippen LogP) is 3.99. The molecule has 0 fully saturated rings. The van der Waals surface area contributed by atoms with Gasteiger partial charge in [0.05, 0.1) is 50.8 Å². The number of hydrogen-bond donors (Lipinski definition) is 0. The summed E-state index contributed by atoms with van der Waals surface area (Å²) in [6.07, 6.45) is 1.77. The van der Waals surface area contributed by atoms with Crippen molar-refractivity contribution in [3.8, 4) is 23.0 Å². The quantitative estimate of drug-likeness (QED) is 0.294. The predicted molar refractivity (Wildman–Crippen MR) is 157 cm³/mol. The van der Waals surface area contributed by atoms with Crippen molar-refractivity contribution in [2.45, 2.75) is 19.9 Å². The van der Waals surface area contributed by atoms with E-state index in [-0.39, 0.29) is 17.7 Å². The fourth-order valence-corrected chi connectivity index (χ4v) is 6.09. The van der Waals surface area contributed by atoms with E-state index in [1.807, 2.05) is 36.4 Å². The molecule has 0 radical (unpaired) electrons. The zero-order valence-electron chi connectivity index (χ0n) is 23.6. The smallest absolute Gasteiger partial charge is 0.338 e. The molecule has 0 spiro atoms. The van der Waals surface area contributed by atoms with Gasteiger partial charge in [-0.1, -0.05) is 29.5 Å². The Morgan fingerprint density at radius 2 is 1.66 bits per heavy atom. The van der Waals surface area contributed by atoms with E-state index >= 15 is 0 Å². The molecule has 2 heterocycles. The summed E-state index contributed by atoms with van der Waals surface area (Å²) in [5.41, 5.74) is 1.82. The molecule has 1 atom stereocenters. The second-order valence-corrected chi connectivity index (χ2v) is 10.2. The van der Waals surface area contributed by atoms with Crippen LogP contribution in [0.2, 0.25) is 0 Å². The van der Waals surface area contributed by atoms with Crippen LogP contribution in [0.4, 0.5) is 0 Å². The van der Waals surface area contributed by atoms with Gasteiger partial charge in [-0.05, 0) is 66.6 Å². The highest BCUT2D eigenvalue weighted by atomic mass is 32.1. The van der Waals surface area contributed by atoms with E-state index in [1.54, 1.807) is 65.1 Å². The molecule has 1 aliphatic rings. The first-order valence-electron chi connectivity index (χ1n) is 12.9. The Morgan fingerprint density at radius 1 is 0.951 bits per heavy atom. The Labute approximate surface area is 240 Å². The third-order valence-corrected chi connectivity index (χ3v) is 7.93. The fraction of sp³-hybridized carbons (Fsp3) is 0.258. The number of carbonyl (C=O) groups is 1. The van der Waals surface area contributed by atoms with Gasteiger partial charge in [-0.25, -0.2) is 9.79 Å². The SMILES string of the molecule is CCOC(=O)C1=C(C)N=c2s/c(=C\c3ccc(OC)c(OC)c3)c(=O)n2[C@@H]1c1c(OC)ccc2ccc(OC)cc12. The second-order valence-electron chi connectivity index (χ2n) is 9.19. The van der Waals surface area contributed by atoms with E-state index in [0.29, 0.717) is 43.6 Å². The average molecular weight is 575 g/mol. The van der Waals surface area contributed by atoms with E-state index < -0.39 is 12.0 Å². The fourth-order valence-electron chi connectivity index (χ4n) is 5.05. The number of rotatable bonds is 8. The molecule has 0 bridgehead atoms. The lowest BCUT2D eigenvalue weighted by Gasteiger charge is -2.27. The molecule has 9 nitrogen and oxygen atoms in total. The monoisotopic (exact) mass is 574 g/mol. The van der Waals surface area contributed by atoms with Crippen LogP contribution < -0.4 is 33.8 Å². The van der Waals surface area contributed by atoms with Gasteiger partial charge in [-0.15, -0.1) is 0 Å². The zero-order valence-corrected chi connectivity index (χ0v) is 24.5. The third kappa shape index (κ3) is 4.95. The van der Waals surface area contributed by atoms with Crippen molar-refractivity contribution in [2.75, 3.05) is 35.0 Å². The first-order chi connectivity index (χ1) is 19.8. The number of thiazole rings is 1. The van der Waals surface area contributed by atoms with E-state index in [9.17, 15) is 9.59 Å². The summed E-state index contributed by atoms with van der Waals surface area (Å²) in [5, 5.41) is 1.67. The summed E-state index contributed by atoms with van der Waals surface area (Å²) in [5.74, 6) is 1.73. The van der Waals surface area contributed by atoms with E-state index in [0.717, 1.165) is 16.3 Å². The minimum atomic E-state index is -0.858. The van der Waals surface area contributed by atoms with Gasteiger partial charge in [-0.3, -0.25) is 9.36 Å². The largest absolute Gasteiger partial charge is 0.497 e. The molecule has 0 unspecified atom stereocenters. The van der Waals surface area contributed by atoms with Crippen LogP contribution in [0.3, 0.4) is 0 Å². The van der Waals surface area contributed by atoms with Crippen LogP contribution in [0.1, 0.15) is 31.0 Å². The van der Waals surface area contributed by atoms with Crippen molar-refractivity contribution in [2.24, 2.45) is 4.99 Å². The minimum Gasteiger partial charge on any atom is -0.497 e. The topological polar surface area (TPSA) is 97.6 Å². The summed E-state index contributed by atoms with van der Waals surface area (Å²) in [4.78, 5) is 32.8. The Bertz CT molecular complexity index is 1860. The molecule has 41 heavy (non-hydrogen) atoms. The zero-order chi connectivity index (χ0) is 29.3. The molecular formula is C31H30N2O7S. The summed E-state index contributed by atoms with van der Waals surface area (Å²) >= 11 is 1.24. The molecule has 3 aromatic carbocycles. The minimum absolute atomic E-state index is 0.173. The van der Waals surface area contributed by atoms with Crippen LogP contribution in [0.5, 0.6) is 23.0 Å². The van der Waals surface area contributed by atoms with Gasteiger partial charge in [0.1, 0.15) is 17.5 Å². The van der Waals surface area contributed by atoms with Crippen LogP contribution >= 0.6 is 11.3 Å². The molecule has 10 heteroatoms. The molecule has 1 aliphatic heterocycles. The van der Waals surface area contributed by atoms with Crippen molar-refractivity contribution in [3.63, 3.8) is 0 Å². The summed E-state index contributed by atoms with van der Waals surface area (Å²) in [6.45, 7) is 3.67. The molecular weight excluding hydrogens is 544 g/mol. The lowest BCUT2D eigenvalue weighted by atomic mass is 9.90. The highest BCUT2D eigenvalue weighted by molar-refractivity contribution is 7.07. The number of fused-ring (bicyclic) bond motifs is 2. The number of benzene rings is 3. The van der Waals surface area contributed by atoms with Crippen LogP contribution in [0, 0.1) is 0 Å². The molecule has 5 rings (SSSR count). The average Bonchev–Trinajstić information content (AvgIpc) is 3.29. The van der Waals surface area contributed by atoms with Crippen molar-refractivity contribution in [3.05, 3.63) is 90.6 Å². The normalized spacial score (nSPS) is 14.9. The van der Waals surface area contributed by atoms with Gasteiger partial charge in [0.15, 0.2) is 16.3 Å². The lowest BCUT2D eigenvalue weighted by Crippen LogP contribution is -2.40. The van der Waals surface area contributed by atoms with Crippen molar-refractivity contribution in [1.29, 1.82) is 0 Å². The number of esters is 1. The van der Waals surface area contributed by atoms with Crippen molar-refractivity contribution in [1.82, 2.24) is 4.57 Å². The first-order valence-corrected chi connectivity index (χ1v) is 13.7. The molecule has 0 aliphatic carbocycles. The Morgan fingerprint density at radius 3 is 2.34 bits per heavy atom. The first kappa shape index (κ1) is 28.0. The maximum absolute atomic E-state index is 14.2. The van der Waals surface area contributed by atoms with Gasteiger partial charge in [0.25, 0.3) is 5.56 Å². The molecule has 212 valence electrons. The van der Waals surface area contributed by atoms with Gasteiger partial charge >= 0.3 is 5.97 Å². The number of hydrogen-bond acceptors (Lipinski definition) is 9. The number of carbonyl (C=O) groups excluding carboxylic acids is 1. The molecule has 0 N–H and O–H groups in total. The summed E-state index contributed by atoms with van der Waals surface area (Å²) < 4.78 is 29.6. The maximum Gasteiger partial charge on any atom is 0.338 e. The number of aromatic nitrogens is 1. The maximum atomic E-state index is 14.2. The van der Waals surface area contributed by atoms with Crippen LogP contribution in [-0.4, -0.2) is 45.6 Å². The molecule has 1 aromatic heterocycles. The number of allylic oxidation sites excluding steroid dienone is 1. The van der Waals surface area contributed by atoms with Gasteiger partial charge in [-0.2, -0.15) is 0 Å². The standard InChI is InChI=1S/C31H30N2O7S/c1-7-40-30(35)26-17(2)32-31-33(29(34)25(41-31)15-18-8-12-22(37-4)24(14-18)39-6)28(26)27-21-16-20(36-3)11-9-19(21)10-13-23(27)38-5/h8-16,28H,7H2,1-6H3/b25-15-/t28-/m0/s1. The highest BCUT2D eigenvalue weighted by Crippen LogP contribution is 2.41. The van der Waals surface area contributed by atoms with Crippen molar-refractivity contribution >= 4 is 34.2 Å². The van der Waals surface area contributed by atoms with Crippen LogP contribution in [-0.2, 0) is 9.53 Å². The van der Waals surface area contributed by atoms with Crippen molar-refractivity contribution < 1.29 is 28.5 Å². The molecule has 0 amide bonds. The molecule has 4 aromatic rings. The Hall–Kier alpha value is -4.57. The third-order valence-electron chi connectivity index (χ3n) is 6.95. The number of nitrogens with zero attached hydrogens (tertiary/aromatic N) is 2. The lowest BCUT2D eigenvalue weighted by molar-refractivity contribution is -0.139. The van der Waals surface area contributed by atoms with E-state index in [4.69, 9.17) is 23.7 Å². The van der Waals surface area contributed by atoms with Gasteiger partial charge < -0.3 is 23.7 Å². The van der Waals surface area contributed by atoms with Gasteiger partial charge in [0, 0.05) is 5.56 Å². The van der Waals surface area contributed by atoms with E-state index in [2.05, 4.69) is 4.99 Å². The van der Waals surface area contributed by atoms with Crippen LogP contribution in [0.25, 0.3) is 16.8 Å². The molecule has 0 saturated carbocycles. The number of methoxy groups -OCH3 is 4. The second kappa shape index (κ2) is 11.5. The number of ether oxygens (including phenoxy) is 5. The van der Waals surface area contributed by atoms with E-state index in [1.165, 1.54) is 11.3 Å². The highest BCUT2D eigenvalue weighted by Gasteiger charge is 2.36. The molecule has 0 saturated heterocycles. The van der Waals surface area contributed by atoms with Crippen LogP contribution in [0.15, 0.2) is 69.6 Å². The summed E-state index contributed by atoms with van der Waals surface area (Å²) in [6, 6.07) is 14.0. The Kier molecular flexibility index (Phi) is 7.85. The summed E-state index contributed by atoms with van der Waals surface area (Å²) in [7, 11) is 6.27. The van der Waals surface area contributed by atoms with Gasteiger partial charge in [0.2, 0.25) is 0 Å². The Balaban J connectivity index is 1.83.